The highest BCUT2D eigenvalue weighted by Crippen LogP contribution is 2.26. The van der Waals surface area contributed by atoms with Crippen LogP contribution in [-0.4, -0.2) is 66.8 Å². The van der Waals surface area contributed by atoms with E-state index in [2.05, 4.69) is 5.32 Å². The molecule has 8 heteroatoms. The minimum atomic E-state index is -2.89. The van der Waals surface area contributed by atoms with E-state index in [0.29, 0.717) is 19.4 Å². The van der Waals surface area contributed by atoms with Crippen LogP contribution in [0.1, 0.15) is 19.8 Å². The van der Waals surface area contributed by atoms with Crippen LogP contribution in [0.5, 0.6) is 0 Å². The molecule has 2 fully saturated rings. The van der Waals surface area contributed by atoms with Gasteiger partial charge in [0.05, 0.1) is 23.4 Å². The van der Waals surface area contributed by atoms with Gasteiger partial charge in [-0.05, 0) is 13.3 Å². The van der Waals surface area contributed by atoms with Crippen LogP contribution in [0.4, 0.5) is 0 Å². The first-order valence-corrected chi connectivity index (χ1v) is 9.60. The molecule has 3 atom stereocenters. The van der Waals surface area contributed by atoms with E-state index in [1.54, 1.807) is 6.92 Å². The summed E-state index contributed by atoms with van der Waals surface area (Å²) in [5, 5.41) is 12.9. The molecule has 3 unspecified atom stereocenters. The number of hydrogen-bond acceptors (Lipinski definition) is 6. The maximum absolute atomic E-state index is 11.7. The Morgan fingerprint density at radius 1 is 1.55 bits per heavy atom. The summed E-state index contributed by atoms with van der Waals surface area (Å²) < 4.78 is 27.9. The van der Waals surface area contributed by atoms with E-state index in [4.69, 9.17) is 4.74 Å². The number of thioether (sulfide) groups is 1. The van der Waals surface area contributed by atoms with E-state index in [-0.39, 0.29) is 41.1 Å². The molecule has 6 nitrogen and oxygen atoms in total. The Balaban J connectivity index is 1.69. The van der Waals surface area contributed by atoms with Gasteiger partial charge in [0.1, 0.15) is 5.60 Å². The largest absolute Gasteiger partial charge is 0.385 e. The molecule has 0 aliphatic carbocycles. The number of ether oxygens (including phenoxy) is 1. The van der Waals surface area contributed by atoms with E-state index in [0.717, 1.165) is 0 Å². The average molecular weight is 323 g/mol. The van der Waals surface area contributed by atoms with Crippen molar-refractivity contribution in [2.75, 3.05) is 30.4 Å². The van der Waals surface area contributed by atoms with Crippen molar-refractivity contribution >= 4 is 27.5 Å². The van der Waals surface area contributed by atoms with Crippen LogP contribution in [0.15, 0.2) is 0 Å². The lowest BCUT2D eigenvalue weighted by Gasteiger charge is -2.26. The zero-order valence-electron chi connectivity index (χ0n) is 11.5. The number of nitrogens with one attached hydrogen (secondary N) is 1. The van der Waals surface area contributed by atoms with Crippen LogP contribution >= 0.6 is 11.8 Å². The summed E-state index contributed by atoms with van der Waals surface area (Å²) in [6.45, 7) is 2.47. The minimum absolute atomic E-state index is 0.0163. The van der Waals surface area contributed by atoms with Gasteiger partial charge in [0, 0.05) is 24.8 Å². The van der Waals surface area contributed by atoms with Crippen LogP contribution < -0.4 is 5.32 Å². The minimum Gasteiger partial charge on any atom is -0.385 e. The number of carbonyl (C=O) groups is 1. The Morgan fingerprint density at radius 3 is 2.85 bits per heavy atom. The highest BCUT2D eigenvalue weighted by Gasteiger charge is 2.39. The van der Waals surface area contributed by atoms with Gasteiger partial charge in [-0.2, -0.15) is 0 Å². The molecule has 1 amide bonds. The fourth-order valence-electron chi connectivity index (χ4n) is 2.39. The molecule has 2 heterocycles. The fraction of sp³-hybridized carbons (Fsp3) is 0.917. The van der Waals surface area contributed by atoms with Crippen molar-refractivity contribution in [1.82, 2.24) is 5.32 Å². The third-order valence-electron chi connectivity index (χ3n) is 3.89. The smallest absolute Gasteiger partial charge is 0.230 e. The summed E-state index contributed by atoms with van der Waals surface area (Å²) in [6.07, 6.45) is 0.854. The van der Waals surface area contributed by atoms with Crippen LogP contribution in [-0.2, 0) is 19.4 Å². The lowest BCUT2D eigenvalue weighted by atomic mass is 9.97. The number of aliphatic hydroxyl groups is 1. The molecule has 2 saturated heterocycles. The zero-order valence-corrected chi connectivity index (χ0v) is 13.1. The van der Waals surface area contributed by atoms with Crippen molar-refractivity contribution in [1.29, 1.82) is 0 Å². The monoisotopic (exact) mass is 323 g/mol. The zero-order chi connectivity index (χ0) is 14.8. The molecule has 0 aromatic carbocycles. The summed E-state index contributed by atoms with van der Waals surface area (Å²) in [6, 6.07) is 0. The Bertz CT molecular complexity index is 466. The fourth-order valence-corrected chi connectivity index (χ4v) is 5.86. The van der Waals surface area contributed by atoms with E-state index < -0.39 is 15.4 Å². The van der Waals surface area contributed by atoms with Crippen LogP contribution in [0, 0.1) is 0 Å². The first-order chi connectivity index (χ1) is 9.31. The highest BCUT2D eigenvalue weighted by atomic mass is 32.2. The second-order valence-corrected chi connectivity index (χ2v) is 9.00. The molecular weight excluding hydrogens is 302 g/mol. The molecule has 0 aromatic heterocycles. The van der Waals surface area contributed by atoms with Crippen molar-refractivity contribution < 1.29 is 23.1 Å². The summed E-state index contributed by atoms with van der Waals surface area (Å²) in [5.74, 6) is 0.443. The van der Waals surface area contributed by atoms with E-state index >= 15 is 0 Å². The lowest BCUT2D eigenvalue weighted by Crippen LogP contribution is -2.47. The molecular formula is C12H21NO5S2. The summed E-state index contributed by atoms with van der Waals surface area (Å²) in [5.41, 5.74) is -0.989. The van der Waals surface area contributed by atoms with Crippen molar-refractivity contribution in [3.63, 3.8) is 0 Å². The van der Waals surface area contributed by atoms with Gasteiger partial charge in [0.25, 0.3) is 0 Å². The number of carbonyl (C=O) groups excluding carboxylic acids is 1. The van der Waals surface area contributed by atoms with E-state index in [1.807, 2.05) is 0 Å². The SMILES string of the molecule is CC1OCCC1(O)CNC(=O)CSC1CCS(=O)(=O)C1. The Kier molecular flexibility index (Phi) is 4.99. The summed E-state index contributed by atoms with van der Waals surface area (Å²) in [7, 11) is -2.89. The topological polar surface area (TPSA) is 92.7 Å². The molecule has 0 radical (unpaired) electrons. The third-order valence-corrected chi connectivity index (χ3v) is 7.17. The molecule has 2 N–H and O–H groups in total. The normalized spacial score (nSPS) is 36.1. The molecule has 2 rings (SSSR count). The summed E-state index contributed by atoms with van der Waals surface area (Å²) >= 11 is 1.37. The van der Waals surface area contributed by atoms with Crippen LogP contribution in [0.3, 0.4) is 0 Å². The number of hydrogen-bond donors (Lipinski definition) is 2. The second kappa shape index (κ2) is 6.21. The third kappa shape index (κ3) is 4.09. The Hall–Kier alpha value is -0.310. The number of amides is 1. The molecule has 0 bridgehead atoms. The van der Waals surface area contributed by atoms with E-state index in [9.17, 15) is 18.3 Å². The predicted molar refractivity (Wildman–Crippen MR) is 77.5 cm³/mol. The number of rotatable bonds is 5. The Labute approximate surface area is 123 Å². The van der Waals surface area contributed by atoms with Gasteiger partial charge >= 0.3 is 0 Å². The molecule has 116 valence electrons. The van der Waals surface area contributed by atoms with Crippen molar-refractivity contribution in [2.45, 2.75) is 36.7 Å². The molecule has 20 heavy (non-hydrogen) atoms. The molecule has 0 spiro atoms. The maximum Gasteiger partial charge on any atom is 0.230 e. The molecule has 0 saturated carbocycles. The van der Waals surface area contributed by atoms with Gasteiger partial charge in [-0.3, -0.25) is 4.79 Å². The molecule has 2 aliphatic rings. The first kappa shape index (κ1) is 16.1. The maximum atomic E-state index is 11.7. The Morgan fingerprint density at radius 2 is 2.30 bits per heavy atom. The first-order valence-electron chi connectivity index (χ1n) is 6.73. The van der Waals surface area contributed by atoms with Gasteiger partial charge in [0.15, 0.2) is 9.84 Å². The van der Waals surface area contributed by atoms with Gasteiger partial charge in [-0.15, -0.1) is 11.8 Å². The standard InChI is InChI=1S/C12H21NO5S2/c1-9-12(15,3-4-18-9)8-13-11(14)6-19-10-2-5-20(16,17)7-10/h9-10,15H,2-8H2,1H3,(H,13,14). The average Bonchev–Trinajstić information content (AvgIpc) is 2.89. The van der Waals surface area contributed by atoms with Crippen molar-refractivity contribution in [2.24, 2.45) is 0 Å². The van der Waals surface area contributed by atoms with Crippen LogP contribution in [0.25, 0.3) is 0 Å². The van der Waals surface area contributed by atoms with Crippen molar-refractivity contribution in [3.05, 3.63) is 0 Å². The van der Waals surface area contributed by atoms with Gasteiger partial charge < -0.3 is 15.2 Å². The molecule has 2 aliphatic heterocycles. The van der Waals surface area contributed by atoms with Gasteiger partial charge in [-0.1, -0.05) is 0 Å². The quantitative estimate of drug-likeness (QED) is 0.713. The van der Waals surface area contributed by atoms with Gasteiger partial charge in [0.2, 0.25) is 5.91 Å². The lowest BCUT2D eigenvalue weighted by molar-refractivity contribution is -0.120. The molecule has 0 aromatic rings. The second-order valence-electron chi connectivity index (χ2n) is 5.48. The van der Waals surface area contributed by atoms with Crippen LogP contribution in [0.2, 0.25) is 0 Å². The summed E-state index contributed by atoms with van der Waals surface area (Å²) in [4.78, 5) is 11.7. The predicted octanol–water partition coefficient (Wildman–Crippen LogP) is -0.437. The van der Waals surface area contributed by atoms with Gasteiger partial charge in [-0.25, -0.2) is 8.42 Å². The van der Waals surface area contributed by atoms with Crippen molar-refractivity contribution in [3.8, 4) is 0 Å². The highest BCUT2D eigenvalue weighted by molar-refractivity contribution is 8.02. The number of sulfone groups is 1. The van der Waals surface area contributed by atoms with E-state index in [1.165, 1.54) is 11.8 Å².